The minimum atomic E-state index is 0.599. The van der Waals surface area contributed by atoms with Gasteiger partial charge in [-0.25, -0.2) is 4.98 Å². The van der Waals surface area contributed by atoms with Gasteiger partial charge in [-0.1, -0.05) is 43.7 Å². The maximum Gasteiger partial charge on any atom is 0.194 e. The van der Waals surface area contributed by atoms with Crippen molar-refractivity contribution in [2.75, 3.05) is 14.1 Å². The Kier molecular flexibility index (Phi) is 6.41. The second-order valence-electron chi connectivity index (χ2n) is 6.63. The van der Waals surface area contributed by atoms with Gasteiger partial charge in [0.05, 0.1) is 6.54 Å². The van der Waals surface area contributed by atoms with Crippen LogP contribution in [0.3, 0.4) is 0 Å². The Bertz CT molecular complexity index is 655. The van der Waals surface area contributed by atoms with Gasteiger partial charge in [0.1, 0.15) is 5.82 Å². The Balaban J connectivity index is 1.94. The lowest BCUT2D eigenvalue weighted by atomic mass is 10.1. The van der Waals surface area contributed by atoms with Crippen LogP contribution >= 0.6 is 0 Å². The van der Waals surface area contributed by atoms with Gasteiger partial charge in [-0.15, -0.1) is 0 Å². The summed E-state index contributed by atoms with van der Waals surface area (Å²) in [6, 6.07) is 8.60. The predicted octanol–water partition coefficient (Wildman–Crippen LogP) is 3.05. The van der Waals surface area contributed by atoms with E-state index in [0.29, 0.717) is 12.5 Å². The minimum absolute atomic E-state index is 0.599. The highest BCUT2D eigenvalue weighted by Gasteiger charge is 2.09. The van der Waals surface area contributed by atoms with E-state index in [1.807, 2.05) is 19.4 Å². The first-order chi connectivity index (χ1) is 11.5. The molecule has 0 amide bonds. The van der Waals surface area contributed by atoms with Crippen molar-refractivity contribution in [1.82, 2.24) is 19.8 Å². The van der Waals surface area contributed by atoms with E-state index >= 15 is 0 Å². The van der Waals surface area contributed by atoms with E-state index < -0.39 is 0 Å². The Hall–Kier alpha value is -2.30. The van der Waals surface area contributed by atoms with E-state index in [1.165, 1.54) is 11.1 Å². The van der Waals surface area contributed by atoms with Crippen molar-refractivity contribution in [2.45, 2.75) is 40.4 Å². The Morgan fingerprint density at radius 1 is 1.29 bits per heavy atom. The molecule has 0 saturated carbocycles. The highest BCUT2D eigenvalue weighted by Crippen LogP contribution is 2.07. The molecule has 0 spiro atoms. The Morgan fingerprint density at radius 3 is 2.62 bits per heavy atom. The summed E-state index contributed by atoms with van der Waals surface area (Å²) in [5.74, 6) is 2.50. The van der Waals surface area contributed by atoms with Crippen LogP contribution in [-0.2, 0) is 19.6 Å². The zero-order valence-electron chi connectivity index (χ0n) is 15.5. The van der Waals surface area contributed by atoms with E-state index in [4.69, 9.17) is 0 Å². The number of rotatable bonds is 6. The predicted molar refractivity (Wildman–Crippen MR) is 99.9 cm³/mol. The SMILES string of the molecule is CN=C(NCc1nccn1CC(C)C)N(C)Cc1ccc(C)cc1. The number of hydrogen-bond acceptors (Lipinski definition) is 2. The van der Waals surface area contributed by atoms with Crippen LogP contribution in [-0.4, -0.2) is 34.5 Å². The molecule has 0 bridgehead atoms. The van der Waals surface area contributed by atoms with Crippen molar-refractivity contribution >= 4 is 5.96 Å². The van der Waals surface area contributed by atoms with E-state index in [2.05, 4.69) is 76.8 Å². The van der Waals surface area contributed by atoms with Gasteiger partial charge < -0.3 is 14.8 Å². The molecule has 0 unspecified atom stereocenters. The molecule has 0 atom stereocenters. The van der Waals surface area contributed by atoms with E-state index in [0.717, 1.165) is 24.9 Å². The molecular formula is C19H29N5. The molecule has 2 aromatic rings. The maximum absolute atomic E-state index is 4.46. The zero-order chi connectivity index (χ0) is 17.5. The van der Waals surface area contributed by atoms with Crippen LogP contribution in [0.5, 0.6) is 0 Å². The first kappa shape index (κ1) is 18.0. The molecule has 1 aromatic heterocycles. The Labute approximate surface area is 145 Å². The number of aryl methyl sites for hydroxylation is 1. The minimum Gasteiger partial charge on any atom is -0.349 e. The van der Waals surface area contributed by atoms with Crippen molar-refractivity contribution < 1.29 is 0 Å². The van der Waals surface area contributed by atoms with Crippen molar-refractivity contribution in [3.05, 3.63) is 53.6 Å². The standard InChI is InChI=1S/C19H29N5/c1-15(2)13-24-11-10-21-18(24)12-22-19(20-4)23(5)14-17-8-6-16(3)7-9-17/h6-11,15H,12-14H2,1-5H3,(H,20,22). The molecule has 2 rings (SSSR count). The highest BCUT2D eigenvalue weighted by atomic mass is 15.3. The monoisotopic (exact) mass is 327 g/mol. The van der Waals surface area contributed by atoms with Crippen molar-refractivity contribution in [3.63, 3.8) is 0 Å². The summed E-state index contributed by atoms with van der Waals surface area (Å²) in [5.41, 5.74) is 2.55. The number of nitrogens with zero attached hydrogens (tertiary/aromatic N) is 4. The molecule has 130 valence electrons. The zero-order valence-corrected chi connectivity index (χ0v) is 15.5. The largest absolute Gasteiger partial charge is 0.349 e. The van der Waals surface area contributed by atoms with Gasteiger partial charge in [-0.3, -0.25) is 4.99 Å². The second kappa shape index (κ2) is 8.52. The normalized spacial score (nSPS) is 11.8. The number of benzene rings is 1. The van der Waals surface area contributed by atoms with Gasteiger partial charge in [0.25, 0.3) is 0 Å². The molecule has 0 aliphatic carbocycles. The molecule has 0 aliphatic heterocycles. The molecule has 0 radical (unpaired) electrons. The highest BCUT2D eigenvalue weighted by molar-refractivity contribution is 5.79. The van der Waals surface area contributed by atoms with Gasteiger partial charge in [0.15, 0.2) is 5.96 Å². The van der Waals surface area contributed by atoms with Crippen LogP contribution in [0, 0.1) is 12.8 Å². The van der Waals surface area contributed by atoms with E-state index in [-0.39, 0.29) is 0 Å². The van der Waals surface area contributed by atoms with E-state index in [9.17, 15) is 0 Å². The van der Waals surface area contributed by atoms with Gasteiger partial charge in [-0.05, 0) is 18.4 Å². The molecule has 0 fully saturated rings. The second-order valence-corrected chi connectivity index (χ2v) is 6.63. The van der Waals surface area contributed by atoms with Gasteiger partial charge in [0.2, 0.25) is 0 Å². The molecule has 1 N–H and O–H groups in total. The third kappa shape index (κ3) is 5.11. The van der Waals surface area contributed by atoms with Crippen molar-refractivity contribution in [3.8, 4) is 0 Å². The fourth-order valence-corrected chi connectivity index (χ4v) is 2.65. The average Bonchev–Trinajstić information content (AvgIpc) is 2.96. The summed E-state index contributed by atoms with van der Waals surface area (Å²) < 4.78 is 2.20. The summed E-state index contributed by atoms with van der Waals surface area (Å²) in [6.07, 6.45) is 3.90. The first-order valence-electron chi connectivity index (χ1n) is 8.47. The van der Waals surface area contributed by atoms with Crippen molar-refractivity contribution in [1.29, 1.82) is 0 Å². The molecule has 5 nitrogen and oxygen atoms in total. The summed E-state index contributed by atoms with van der Waals surface area (Å²) in [4.78, 5) is 11.0. The maximum atomic E-state index is 4.46. The molecule has 5 heteroatoms. The molecule has 1 aromatic carbocycles. The summed E-state index contributed by atoms with van der Waals surface area (Å²) in [7, 11) is 3.87. The van der Waals surface area contributed by atoms with Crippen LogP contribution < -0.4 is 5.32 Å². The fraction of sp³-hybridized carbons (Fsp3) is 0.474. The number of hydrogen-bond donors (Lipinski definition) is 1. The van der Waals surface area contributed by atoms with Gasteiger partial charge in [0, 0.05) is 39.6 Å². The van der Waals surface area contributed by atoms with E-state index in [1.54, 1.807) is 0 Å². The quantitative estimate of drug-likeness (QED) is 0.655. The third-order valence-electron chi connectivity index (χ3n) is 3.88. The van der Waals surface area contributed by atoms with Crippen LogP contribution in [0.25, 0.3) is 0 Å². The topological polar surface area (TPSA) is 45.5 Å². The molecule has 24 heavy (non-hydrogen) atoms. The average molecular weight is 327 g/mol. The summed E-state index contributed by atoms with van der Waals surface area (Å²) >= 11 is 0. The smallest absolute Gasteiger partial charge is 0.194 e. The lowest BCUT2D eigenvalue weighted by Crippen LogP contribution is -2.38. The third-order valence-corrected chi connectivity index (χ3v) is 3.88. The molecule has 0 aliphatic rings. The van der Waals surface area contributed by atoms with Crippen LogP contribution in [0.4, 0.5) is 0 Å². The molecule has 1 heterocycles. The van der Waals surface area contributed by atoms with Crippen LogP contribution in [0.1, 0.15) is 30.8 Å². The van der Waals surface area contributed by atoms with Crippen LogP contribution in [0.15, 0.2) is 41.7 Å². The van der Waals surface area contributed by atoms with Crippen molar-refractivity contribution in [2.24, 2.45) is 10.9 Å². The van der Waals surface area contributed by atoms with Gasteiger partial charge in [-0.2, -0.15) is 0 Å². The fourth-order valence-electron chi connectivity index (χ4n) is 2.65. The lowest BCUT2D eigenvalue weighted by molar-refractivity contribution is 0.468. The van der Waals surface area contributed by atoms with Crippen LogP contribution in [0.2, 0.25) is 0 Å². The number of aliphatic imine (C=N–C) groups is 1. The molecule has 0 saturated heterocycles. The summed E-state index contributed by atoms with van der Waals surface area (Å²) in [6.45, 7) is 9.00. The summed E-state index contributed by atoms with van der Waals surface area (Å²) in [5, 5.41) is 3.41. The first-order valence-corrected chi connectivity index (χ1v) is 8.47. The Morgan fingerprint density at radius 2 is 2.00 bits per heavy atom. The number of imidazole rings is 1. The molecular weight excluding hydrogens is 298 g/mol. The van der Waals surface area contributed by atoms with Gasteiger partial charge >= 0.3 is 0 Å². The number of guanidine groups is 1. The lowest BCUT2D eigenvalue weighted by Gasteiger charge is -2.22. The number of nitrogens with one attached hydrogen (secondary N) is 1. The number of aromatic nitrogens is 2.